The Morgan fingerprint density at radius 2 is 1.72 bits per heavy atom. The largest absolute Gasteiger partial charge is 0.338 e. The highest BCUT2D eigenvalue weighted by atomic mass is 16.2. The molecule has 166 valence electrons. The molecule has 1 fully saturated rings. The Morgan fingerprint density at radius 1 is 1.00 bits per heavy atom. The van der Waals surface area contributed by atoms with E-state index in [1.807, 2.05) is 64.4 Å². The summed E-state index contributed by atoms with van der Waals surface area (Å²) >= 11 is 0. The third-order valence-corrected chi connectivity index (χ3v) is 5.95. The number of likely N-dealkylation sites (tertiary alicyclic amines) is 1. The number of piperidine rings is 1. The molecular formula is C25H29N5O2. The van der Waals surface area contributed by atoms with Gasteiger partial charge in [-0.15, -0.1) is 0 Å². The van der Waals surface area contributed by atoms with Crippen LogP contribution in [0.15, 0.2) is 67.3 Å². The predicted octanol–water partition coefficient (Wildman–Crippen LogP) is 3.48. The first kappa shape index (κ1) is 21.7. The maximum Gasteiger partial charge on any atom is 0.254 e. The summed E-state index contributed by atoms with van der Waals surface area (Å²) in [7, 11) is 0. The van der Waals surface area contributed by atoms with Gasteiger partial charge >= 0.3 is 0 Å². The molecule has 2 amide bonds. The van der Waals surface area contributed by atoms with Gasteiger partial charge in [-0.05, 0) is 49.1 Å². The van der Waals surface area contributed by atoms with Crippen molar-refractivity contribution in [1.29, 1.82) is 0 Å². The molecule has 2 aromatic carbocycles. The molecule has 2 heterocycles. The van der Waals surface area contributed by atoms with Crippen molar-refractivity contribution in [3.05, 3.63) is 83.9 Å². The van der Waals surface area contributed by atoms with Gasteiger partial charge in [0.05, 0.1) is 6.54 Å². The summed E-state index contributed by atoms with van der Waals surface area (Å²) in [5.74, 6) is 0.132. The van der Waals surface area contributed by atoms with E-state index in [1.165, 1.54) is 6.33 Å². The van der Waals surface area contributed by atoms with Crippen molar-refractivity contribution in [3.63, 3.8) is 0 Å². The summed E-state index contributed by atoms with van der Waals surface area (Å²) in [5.41, 5.74) is 2.49. The highest BCUT2D eigenvalue weighted by molar-refractivity contribution is 5.95. The van der Waals surface area contributed by atoms with Crippen LogP contribution in [0.3, 0.4) is 0 Å². The van der Waals surface area contributed by atoms with Crippen LogP contribution in [0.5, 0.6) is 0 Å². The molecule has 1 saturated heterocycles. The highest BCUT2D eigenvalue weighted by Gasteiger charge is 2.30. The number of hydrogen-bond acceptors (Lipinski definition) is 4. The summed E-state index contributed by atoms with van der Waals surface area (Å²) < 4.78 is 1.75. The summed E-state index contributed by atoms with van der Waals surface area (Å²) in [6.45, 7) is 4.78. The number of benzene rings is 2. The summed E-state index contributed by atoms with van der Waals surface area (Å²) in [4.78, 5) is 33.9. The van der Waals surface area contributed by atoms with Gasteiger partial charge in [0.2, 0.25) is 0 Å². The third kappa shape index (κ3) is 5.04. The average Bonchev–Trinajstić information content (AvgIpc) is 3.36. The van der Waals surface area contributed by atoms with Gasteiger partial charge in [-0.3, -0.25) is 9.59 Å². The number of hydrogen-bond donors (Lipinski definition) is 0. The molecule has 0 radical (unpaired) electrons. The van der Waals surface area contributed by atoms with Gasteiger partial charge < -0.3 is 9.80 Å². The SMILES string of the molecule is CCCN(C(=O)c1ccc(Cn2cncn2)cc1)C1CCN(C(=O)c2ccccc2)CC1. The maximum absolute atomic E-state index is 13.3. The molecular weight excluding hydrogens is 402 g/mol. The number of carbonyl (C=O) groups excluding carboxylic acids is 2. The Hall–Kier alpha value is -3.48. The quantitative estimate of drug-likeness (QED) is 0.574. The lowest BCUT2D eigenvalue weighted by Gasteiger charge is -2.38. The average molecular weight is 432 g/mol. The molecule has 1 aromatic heterocycles. The van der Waals surface area contributed by atoms with E-state index >= 15 is 0 Å². The molecule has 0 aliphatic carbocycles. The van der Waals surface area contributed by atoms with E-state index in [4.69, 9.17) is 0 Å². The number of aromatic nitrogens is 3. The van der Waals surface area contributed by atoms with E-state index < -0.39 is 0 Å². The van der Waals surface area contributed by atoms with Crippen LogP contribution in [0.25, 0.3) is 0 Å². The van der Waals surface area contributed by atoms with E-state index in [1.54, 1.807) is 11.0 Å². The fourth-order valence-corrected chi connectivity index (χ4v) is 4.25. The van der Waals surface area contributed by atoms with E-state index in [0.29, 0.717) is 25.2 Å². The van der Waals surface area contributed by atoms with Crippen LogP contribution in [0.2, 0.25) is 0 Å². The molecule has 1 aliphatic rings. The second-order valence-corrected chi connectivity index (χ2v) is 8.18. The van der Waals surface area contributed by atoms with Gasteiger partial charge in [-0.1, -0.05) is 37.3 Å². The molecule has 1 aliphatic heterocycles. The molecule has 32 heavy (non-hydrogen) atoms. The van der Waals surface area contributed by atoms with Gasteiger partial charge in [0, 0.05) is 36.8 Å². The first-order valence-corrected chi connectivity index (χ1v) is 11.2. The number of amides is 2. The molecule has 0 spiro atoms. The minimum Gasteiger partial charge on any atom is -0.338 e. The lowest BCUT2D eigenvalue weighted by Crippen LogP contribution is -2.49. The fraction of sp³-hybridized carbons (Fsp3) is 0.360. The van der Waals surface area contributed by atoms with Crippen molar-refractivity contribution in [2.75, 3.05) is 19.6 Å². The monoisotopic (exact) mass is 431 g/mol. The first-order chi connectivity index (χ1) is 15.7. The Labute approximate surface area is 188 Å². The third-order valence-electron chi connectivity index (χ3n) is 5.95. The van der Waals surface area contributed by atoms with E-state index in [9.17, 15) is 9.59 Å². The summed E-state index contributed by atoms with van der Waals surface area (Å²) in [6, 6.07) is 17.3. The fourth-order valence-electron chi connectivity index (χ4n) is 4.25. The minimum absolute atomic E-state index is 0.0620. The smallest absolute Gasteiger partial charge is 0.254 e. The molecule has 0 atom stereocenters. The molecule has 0 saturated carbocycles. The van der Waals surface area contributed by atoms with Gasteiger partial charge in [0.25, 0.3) is 11.8 Å². The molecule has 0 unspecified atom stereocenters. The maximum atomic E-state index is 13.3. The Morgan fingerprint density at radius 3 is 2.34 bits per heavy atom. The van der Waals surface area contributed by atoms with E-state index in [-0.39, 0.29) is 17.9 Å². The standard InChI is InChI=1S/C25H29N5O2/c1-2-14-30(23-12-15-28(16-13-23)24(31)21-6-4-3-5-7-21)25(32)22-10-8-20(9-11-22)17-29-19-26-18-27-29/h3-11,18-19,23H,2,12-17H2,1H3. The molecule has 7 heteroatoms. The van der Waals surface area contributed by atoms with Crippen LogP contribution in [-0.4, -0.2) is 62.1 Å². The van der Waals surface area contributed by atoms with Crippen LogP contribution in [0.1, 0.15) is 52.5 Å². The molecule has 0 bridgehead atoms. The number of carbonyl (C=O) groups is 2. The van der Waals surface area contributed by atoms with Crippen molar-refractivity contribution in [2.45, 2.75) is 38.8 Å². The van der Waals surface area contributed by atoms with Crippen molar-refractivity contribution >= 4 is 11.8 Å². The van der Waals surface area contributed by atoms with Gasteiger partial charge in [0.1, 0.15) is 12.7 Å². The van der Waals surface area contributed by atoms with Crippen molar-refractivity contribution in [1.82, 2.24) is 24.6 Å². The van der Waals surface area contributed by atoms with Crippen LogP contribution in [-0.2, 0) is 6.54 Å². The van der Waals surface area contributed by atoms with Crippen LogP contribution in [0, 0.1) is 0 Å². The van der Waals surface area contributed by atoms with Gasteiger partial charge in [-0.2, -0.15) is 5.10 Å². The zero-order valence-electron chi connectivity index (χ0n) is 18.4. The topological polar surface area (TPSA) is 71.3 Å². The Balaban J connectivity index is 1.39. The van der Waals surface area contributed by atoms with Gasteiger partial charge in [-0.25, -0.2) is 9.67 Å². The number of rotatable bonds is 7. The normalized spacial score (nSPS) is 14.3. The molecule has 0 N–H and O–H groups in total. The summed E-state index contributed by atoms with van der Waals surface area (Å²) in [6.07, 6.45) is 5.69. The van der Waals surface area contributed by atoms with E-state index in [0.717, 1.165) is 36.9 Å². The zero-order valence-corrected chi connectivity index (χ0v) is 18.4. The highest BCUT2D eigenvalue weighted by Crippen LogP contribution is 2.21. The van der Waals surface area contributed by atoms with Gasteiger partial charge in [0.15, 0.2) is 0 Å². The molecule has 3 aromatic rings. The second-order valence-electron chi connectivity index (χ2n) is 8.18. The van der Waals surface area contributed by atoms with Crippen LogP contribution in [0.4, 0.5) is 0 Å². The van der Waals surface area contributed by atoms with Crippen LogP contribution >= 0.6 is 0 Å². The lowest BCUT2D eigenvalue weighted by atomic mass is 10.0. The molecule has 4 rings (SSSR count). The van der Waals surface area contributed by atoms with Crippen molar-refractivity contribution < 1.29 is 9.59 Å². The Bertz CT molecular complexity index is 1010. The summed E-state index contributed by atoms with van der Waals surface area (Å²) in [5, 5.41) is 4.12. The van der Waals surface area contributed by atoms with Crippen LogP contribution < -0.4 is 0 Å². The lowest BCUT2D eigenvalue weighted by molar-refractivity contribution is 0.0519. The second kappa shape index (κ2) is 10.2. The predicted molar refractivity (Wildman–Crippen MR) is 122 cm³/mol. The Kier molecular flexibility index (Phi) is 6.94. The van der Waals surface area contributed by atoms with Crippen molar-refractivity contribution in [3.8, 4) is 0 Å². The van der Waals surface area contributed by atoms with E-state index in [2.05, 4.69) is 17.0 Å². The molecule has 7 nitrogen and oxygen atoms in total. The first-order valence-electron chi connectivity index (χ1n) is 11.2. The zero-order chi connectivity index (χ0) is 22.3. The number of nitrogens with zero attached hydrogens (tertiary/aromatic N) is 5. The van der Waals surface area contributed by atoms with Crippen molar-refractivity contribution in [2.24, 2.45) is 0 Å². The minimum atomic E-state index is 0.0620.